The highest BCUT2D eigenvalue weighted by Crippen LogP contribution is 2.20. The summed E-state index contributed by atoms with van der Waals surface area (Å²) >= 11 is 0. The molecule has 2 aromatic heterocycles. The second kappa shape index (κ2) is 7.27. The van der Waals surface area contributed by atoms with Crippen LogP contribution in [0, 0.1) is 36.5 Å². The standard InChI is InChI=1S/C20H18N6O/c1-13-18(14(2)26-20(24-13)16(11-22)12-23-26)7-8-19(27)25(3)17-6-4-5-15(9-17)10-21/h4-6,9,12H,7-8H2,1-3H3. The van der Waals surface area contributed by atoms with E-state index in [1.165, 1.54) is 6.20 Å². The summed E-state index contributed by atoms with van der Waals surface area (Å²) in [5.74, 6) is -0.0536. The van der Waals surface area contributed by atoms with Crippen LogP contribution in [0.25, 0.3) is 5.65 Å². The van der Waals surface area contributed by atoms with Crippen molar-refractivity contribution in [2.45, 2.75) is 26.7 Å². The molecule has 0 aliphatic rings. The molecule has 134 valence electrons. The largest absolute Gasteiger partial charge is 0.315 e. The van der Waals surface area contributed by atoms with E-state index in [2.05, 4.69) is 22.2 Å². The fourth-order valence-corrected chi connectivity index (χ4v) is 3.08. The average molecular weight is 358 g/mol. The van der Waals surface area contributed by atoms with E-state index in [0.29, 0.717) is 35.3 Å². The molecule has 0 fully saturated rings. The van der Waals surface area contributed by atoms with Crippen LogP contribution < -0.4 is 4.90 Å². The Kier molecular flexibility index (Phi) is 4.87. The molecule has 3 aromatic rings. The number of aryl methyl sites for hydroxylation is 2. The van der Waals surface area contributed by atoms with Gasteiger partial charge in [-0.15, -0.1) is 0 Å². The summed E-state index contributed by atoms with van der Waals surface area (Å²) in [6.07, 6.45) is 2.32. The summed E-state index contributed by atoms with van der Waals surface area (Å²) in [6, 6.07) is 11.1. The lowest BCUT2D eigenvalue weighted by atomic mass is 10.1. The Bertz CT molecular complexity index is 1120. The van der Waals surface area contributed by atoms with Gasteiger partial charge in [0, 0.05) is 30.5 Å². The second-order valence-corrected chi connectivity index (χ2v) is 6.28. The highest BCUT2D eigenvalue weighted by molar-refractivity contribution is 5.93. The third kappa shape index (κ3) is 3.36. The molecule has 0 N–H and O–H groups in total. The molecule has 7 nitrogen and oxygen atoms in total. The number of amides is 1. The molecule has 7 heteroatoms. The maximum absolute atomic E-state index is 12.6. The summed E-state index contributed by atoms with van der Waals surface area (Å²) in [5.41, 5.74) is 4.78. The van der Waals surface area contributed by atoms with Crippen molar-refractivity contribution >= 4 is 17.2 Å². The normalized spacial score (nSPS) is 10.4. The monoisotopic (exact) mass is 358 g/mol. The first-order valence-corrected chi connectivity index (χ1v) is 8.47. The maximum atomic E-state index is 12.6. The Morgan fingerprint density at radius 2 is 2.04 bits per heavy atom. The molecule has 3 rings (SSSR count). The number of nitrogens with zero attached hydrogens (tertiary/aromatic N) is 6. The zero-order valence-corrected chi connectivity index (χ0v) is 15.4. The Hall–Kier alpha value is -3.71. The van der Waals surface area contributed by atoms with Gasteiger partial charge in [0.1, 0.15) is 11.6 Å². The van der Waals surface area contributed by atoms with Crippen LogP contribution in [0.2, 0.25) is 0 Å². The summed E-state index contributed by atoms with van der Waals surface area (Å²) in [7, 11) is 1.70. The molecule has 0 saturated carbocycles. The number of benzene rings is 1. The molecule has 0 saturated heterocycles. The highest BCUT2D eigenvalue weighted by Gasteiger charge is 2.17. The molecule has 0 unspecified atom stereocenters. The number of nitriles is 2. The summed E-state index contributed by atoms with van der Waals surface area (Å²) in [4.78, 5) is 18.7. The number of aromatic nitrogens is 3. The van der Waals surface area contributed by atoms with Gasteiger partial charge in [0.05, 0.1) is 17.8 Å². The van der Waals surface area contributed by atoms with Crippen molar-refractivity contribution in [3.63, 3.8) is 0 Å². The van der Waals surface area contributed by atoms with Crippen molar-refractivity contribution in [2.75, 3.05) is 11.9 Å². The predicted octanol–water partition coefficient (Wildman–Crippen LogP) is 2.69. The van der Waals surface area contributed by atoms with Gasteiger partial charge in [-0.25, -0.2) is 9.50 Å². The van der Waals surface area contributed by atoms with Gasteiger partial charge in [0.2, 0.25) is 5.91 Å². The Balaban J connectivity index is 1.81. The van der Waals surface area contributed by atoms with Crippen molar-refractivity contribution in [1.82, 2.24) is 14.6 Å². The lowest BCUT2D eigenvalue weighted by Gasteiger charge is -2.18. The number of carbonyl (C=O) groups is 1. The SMILES string of the molecule is Cc1nc2c(C#N)cnn2c(C)c1CCC(=O)N(C)c1cccc(C#N)c1. The van der Waals surface area contributed by atoms with E-state index >= 15 is 0 Å². The van der Waals surface area contributed by atoms with Crippen molar-refractivity contribution in [1.29, 1.82) is 10.5 Å². The second-order valence-electron chi connectivity index (χ2n) is 6.28. The lowest BCUT2D eigenvalue weighted by molar-refractivity contribution is -0.118. The fraction of sp³-hybridized carbons (Fsp3) is 0.250. The Morgan fingerprint density at radius 3 is 2.74 bits per heavy atom. The quantitative estimate of drug-likeness (QED) is 0.714. The predicted molar refractivity (Wildman–Crippen MR) is 100 cm³/mol. The molecule has 0 spiro atoms. The number of hydrogen-bond acceptors (Lipinski definition) is 5. The van der Waals surface area contributed by atoms with Gasteiger partial charge >= 0.3 is 0 Å². The summed E-state index contributed by atoms with van der Waals surface area (Å²) in [6.45, 7) is 3.79. The molecular formula is C20H18N6O. The van der Waals surface area contributed by atoms with E-state index in [1.807, 2.05) is 13.8 Å². The van der Waals surface area contributed by atoms with E-state index in [9.17, 15) is 4.79 Å². The molecule has 0 aliphatic carbocycles. The molecule has 0 aliphatic heterocycles. The van der Waals surface area contributed by atoms with Crippen molar-refractivity contribution in [2.24, 2.45) is 0 Å². The van der Waals surface area contributed by atoms with Crippen LogP contribution in [0.3, 0.4) is 0 Å². The van der Waals surface area contributed by atoms with Gasteiger partial charge in [-0.05, 0) is 44.0 Å². The van der Waals surface area contributed by atoms with Crippen LogP contribution in [-0.2, 0) is 11.2 Å². The third-order valence-electron chi connectivity index (χ3n) is 4.65. The first kappa shape index (κ1) is 18.1. The molecule has 27 heavy (non-hydrogen) atoms. The minimum atomic E-state index is -0.0536. The Labute approximate surface area is 157 Å². The zero-order valence-electron chi connectivity index (χ0n) is 15.4. The summed E-state index contributed by atoms with van der Waals surface area (Å²) in [5, 5.41) is 22.4. The van der Waals surface area contributed by atoms with E-state index in [4.69, 9.17) is 10.5 Å². The average Bonchev–Trinajstić information content (AvgIpc) is 3.09. The molecule has 1 aromatic carbocycles. The lowest BCUT2D eigenvalue weighted by Crippen LogP contribution is -2.26. The van der Waals surface area contributed by atoms with Crippen LogP contribution in [0.1, 0.15) is 34.5 Å². The van der Waals surface area contributed by atoms with Crippen molar-refractivity contribution < 1.29 is 4.79 Å². The molecule has 0 radical (unpaired) electrons. The van der Waals surface area contributed by atoms with Gasteiger partial charge in [0.25, 0.3) is 0 Å². The van der Waals surface area contributed by atoms with Gasteiger partial charge in [-0.2, -0.15) is 15.6 Å². The minimum Gasteiger partial charge on any atom is -0.315 e. The highest BCUT2D eigenvalue weighted by atomic mass is 16.2. The summed E-state index contributed by atoms with van der Waals surface area (Å²) < 4.78 is 1.64. The molecule has 0 bridgehead atoms. The van der Waals surface area contributed by atoms with Crippen LogP contribution in [0.5, 0.6) is 0 Å². The van der Waals surface area contributed by atoms with Crippen molar-refractivity contribution in [3.05, 3.63) is 58.5 Å². The number of hydrogen-bond donors (Lipinski definition) is 0. The number of carbonyl (C=O) groups excluding carboxylic acids is 1. The van der Waals surface area contributed by atoms with E-state index < -0.39 is 0 Å². The molecule has 2 heterocycles. The van der Waals surface area contributed by atoms with Gasteiger partial charge < -0.3 is 4.90 Å². The molecule has 0 atom stereocenters. The van der Waals surface area contributed by atoms with Crippen molar-refractivity contribution in [3.8, 4) is 12.1 Å². The van der Waals surface area contributed by atoms with Gasteiger partial charge in [-0.3, -0.25) is 4.79 Å². The van der Waals surface area contributed by atoms with Gasteiger partial charge in [-0.1, -0.05) is 6.07 Å². The maximum Gasteiger partial charge on any atom is 0.227 e. The smallest absolute Gasteiger partial charge is 0.227 e. The zero-order chi connectivity index (χ0) is 19.6. The Morgan fingerprint density at radius 1 is 1.26 bits per heavy atom. The van der Waals surface area contributed by atoms with Crippen LogP contribution in [0.4, 0.5) is 5.69 Å². The third-order valence-corrected chi connectivity index (χ3v) is 4.65. The van der Waals surface area contributed by atoms with Gasteiger partial charge in [0.15, 0.2) is 5.65 Å². The number of rotatable bonds is 4. The van der Waals surface area contributed by atoms with Crippen LogP contribution in [0.15, 0.2) is 30.5 Å². The first-order chi connectivity index (χ1) is 13.0. The fourth-order valence-electron chi connectivity index (χ4n) is 3.08. The first-order valence-electron chi connectivity index (χ1n) is 8.47. The van der Waals surface area contributed by atoms with E-state index in [1.54, 1.807) is 40.7 Å². The van der Waals surface area contributed by atoms with E-state index in [0.717, 1.165) is 17.0 Å². The number of anilines is 1. The topological polar surface area (TPSA) is 98.1 Å². The molecular weight excluding hydrogens is 340 g/mol. The van der Waals surface area contributed by atoms with Crippen LogP contribution >= 0.6 is 0 Å². The van der Waals surface area contributed by atoms with E-state index in [-0.39, 0.29) is 5.91 Å². The number of fused-ring (bicyclic) bond motifs is 1. The van der Waals surface area contributed by atoms with Crippen LogP contribution in [-0.4, -0.2) is 27.6 Å². The minimum absolute atomic E-state index is 0.0536. The molecule has 1 amide bonds.